The minimum atomic E-state index is -0.897. The highest BCUT2D eigenvalue weighted by molar-refractivity contribution is 6.05. The number of rotatable bonds is 9. The van der Waals surface area contributed by atoms with Crippen molar-refractivity contribution in [3.05, 3.63) is 88.7 Å². The van der Waals surface area contributed by atoms with Crippen molar-refractivity contribution in [2.75, 3.05) is 5.32 Å². The van der Waals surface area contributed by atoms with E-state index in [1.165, 1.54) is 0 Å². The summed E-state index contributed by atoms with van der Waals surface area (Å²) in [6.45, 7) is 5.85. The van der Waals surface area contributed by atoms with Crippen LogP contribution in [0.3, 0.4) is 0 Å². The first kappa shape index (κ1) is 24.4. The van der Waals surface area contributed by atoms with Crippen LogP contribution in [0.2, 0.25) is 0 Å². The van der Waals surface area contributed by atoms with Crippen molar-refractivity contribution in [3.8, 4) is 5.75 Å². The molecule has 1 aliphatic rings. The first-order valence-corrected chi connectivity index (χ1v) is 11.9. The maximum atomic E-state index is 12.8. The minimum Gasteiger partial charge on any atom is -0.487 e. The molecule has 182 valence electrons. The van der Waals surface area contributed by atoms with Gasteiger partial charge in [0.2, 0.25) is 0 Å². The monoisotopic (exact) mass is 473 g/mol. The van der Waals surface area contributed by atoms with Crippen LogP contribution in [-0.2, 0) is 12.2 Å². The third-order valence-corrected chi connectivity index (χ3v) is 6.30. The Morgan fingerprint density at radius 1 is 1.06 bits per heavy atom. The zero-order valence-corrected chi connectivity index (χ0v) is 20.3. The number of nitrogens with zero attached hydrogens (tertiary/aromatic N) is 1. The molecule has 0 radical (unpaired) electrons. The standard InChI is InChI=1S/C28H31N3O4/c1-4-28(3,34)21-9-10-23(29-16-21)17-35-24-13-7-19(8-14-24)26(32)31-25-15-20(6-5-18(25)2)27(33)30-22-11-12-22/h5-10,13-16,22,34H,4,11-12,17H2,1-3H3,(H,30,33)(H,31,32). The topological polar surface area (TPSA) is 101 Å². The van der Waals surface area contributed by atoms with Crippen molar-refractivity contribution >= 4 is 17.5 Å². The molecule has 1 unspecified atom stereocenters. The van der Waals surface area contributed by atoms with E-state index in [1.54, 1.807) is 49.5 Å². The fourth-order valence-corrected chi connectivity index (χ4v) is 3.48. The van der Waals surface area contributed by atoms with Crippen molar-refractivity contribution in [1.82, 2.24) is 10.3 Å². The summed E-state index contributed by atoms with van der Waals surface area (Å²) in [5.74, 6) is 0.229. The number of ether oxygens (including phenoxy) is 1. The van der Waals surface area contributed by atoms with Gasteiger partial charge in [-0.2, -0.15) is 0 Å². The Labute approximate surface area is 205 Å². The lowest BCUT2D eigenvalue weighted by molar-refractivity contribution is 0.0526. The molecule has 1 aromatic heterocycles. The summed E-state index contributed by atoms with van der Waals surface area (Å²) < 4.78 is 5.79. The predicted molar refractivity (Wildman–Crippen MR) is 134 cm³/mol. The number of pyridine rings is 1. The average Bonchev–Trinajstić information content (AvgIpc) is 3.68. The van der Waals surface area contributed by atoms with Crippen LogP contribution >= 0.6 is 0 Å². The molecule has 1 aliphatic carbocycles. The summed E-state index contributed by atoms with van der Waals surface area (Å²) in [5, 5.41) is 16.2. The Morgan fingerprint density at radius 3 is 2.40 bits per heavy atom. The second kappa shape index (κ2) is 10.3. The Hall–Kier alpha value is -3.71. The van der Waals surface area contributed by atoms with Crippen LogP contribution in [0.4, 0.5) is 5.69 Å². The van der Waals surface area contributed by atoms with Crippen LogP contribution in [0.1, 0.15) is 70.6 Å². The van der Waals surface area contributed by atoms with Crippen LogP contribution in [0, 0.1) is 6.92 Å². The van der Waals surface area contributed by atoms with Gasteiger partial charge in [0.05, 0.1) is 11.3 Å². The number of hydrogen-bond donors (Lipinski definition) is 3. The number of aliphatic hydroxyl groups is 1. The summed E-state index contributed by atoms with van der Waals surface area (Å²) in [5.41, 5.74) is 3.10. The molecule has 2 amide bonds. The lowest BCUT2D eigenvalue weighted by Gasteiger charge is -2.21. The van der Waals surface area contributed by atoms with Gasteiger partial charge in [0, 0.05) is 34.6 Å². The van der Waals surface area contributed by atoms with Crippen molar-refractivity contribution in [1.29, 1.82) is 0 Å². The van der Waals surface area contributed by atoms with Crippen LogP contribution in [0.25, 0.3) is 0 Å². The molecule has 0 saturated heterocycles. The largest absolute Gasteiger partial charge is 0.487 e. The molecule has 2 aromatic carbocycles. The van der Waals surface area contributed by atoms with Gasteiger partial charge in [0.25, 0.3) is 11.8 Å². The summed E-state index contributed by atoms with van der Waals surface area (Å²) in [7, 11) is 0. The fraction of sp³-hybridized carbons (Fsp3) is 0.321. The number of aromatic nitrogens is 1. The summed E-state index contributed by atoms with van der Waals surface area (Å²) in [6, 6.07) is 16.1. The van der Waals surface area contributed by atoms with E-state index in [9.17, 15) is 14.7 Å². The average molecular weight is 474 g/mol. The molecule has 35 heavy (non-hydrogen) atoms. The quantitative estimate of drug-likeness (QED) is 0.417. The van der Waals surface area contributed by atoms with Gasteiger partial charge in [-0.05, 0) is 81.1 Å². The molecule has 1 atom stereocenters. The van der Waals surface area contributed by atoms with E-state index in [4.69, 9.17) is 4.74 Å². The molecule has 4 rings (SSSR count). The first-order chi connectivity index (χ1) is 16.7. The van der Waals surface area contributed by atoms with Crippen molar-refractivity contribution in [2.24, 2.45) is 0 Å². The molecular weight excluding hydrogens is 442 g/mol. The second-order valence-corrected chi connectivity index (χ2v) is 9.21. The smallest absolute Gasteiger partial charge is 0.255 e. The molecule has 0 aliphatic heterocycles. The highest BCUT2D eigenvalue weighted by atomic mass is 16.5. The number of anilines is 1. The van der Waals surface area contributed by atoms with E-state index < -0.39 is 5.60 Å². The van der Waals surface area contributed by atoms with E-state index in [-0.39, 0.29) is 24.5 Å². The van der Waals surface area contributed by atoms with Crippen molar-refractivity contribution in [3.63, 3.8) is 0 Å². The molecular formula is C28H31N3O4. The maximum absolute atomic E-state index is 12.8. The molecule has 7 nitrogen and oxygen atoms in total. The zero-order valence-electron chi connectivity index (χ0n) is 20.3. The van der Waals surface area contributed by atoms with E-state index >= 15 is 0 Å². The lowest BCUT2D eigenvalue weighted by Crippen LogP contribution is -2.25. The van der Waals surface area contributed by atoms with Gasteiger partial charge in [-0.25, -0.2) is 0 Å². The third kappa shape index (κ3) is 6.25. The van der Waals surface area contributed by atoms with Crippen LogP contribution < -0.4 is 15.4 Å². The fourth-order valence-electron chi connectivity index (χ4n) is 3.48. The number of benzene rings is 2. The van der Waals surface area contributed by atoms with Gasteiger partial charge >= 0.3 is 0 Å². The Morgan fingerprint density at radius 2 is 1.77 bits per heavy atom. The number of carbonyl (C=O) groups excluding carboxylic acids is 2. The van der Waals surface area contributed by atoms with Crippen LogP contribution in [0.15, 0.2) is 60.8 Å². The van der Waals surface area contributed by atoms with Gasteiger partial charge < -0.3 is 20.5 Å². The van der Waals surface area contributed by atoms with Crippen LogP contribution in [0.5, 0.6) is 5.75 Å². The highest BCUT2D eigenvalue weighted by Gasteiger charge is 2.24. The SMILES string of the molecule is CCC(C)(O)c1ccc(COc2ccc(C(=O)Nc3cc(C(=O)NC4CC4)ccc3C)cc2)nc1. The highest BCUT2D eigenvalue weighted by Crippen LogP contribution is 2.24. The second-order valence-electron chi connectivity index (χ2n) is 9.21. The summed E-state index contributed by atoms with van der Waals surface area (Å²) >= 11 is 0. The van der Waals surface area contributed by atoms with Gasteiger partial charge in [0.1, 0.15) is 12.4 Å². The van der Waals surface area contributed by atoms with Gasteiger partial charge in [-0.1, -0.05) is 19.1 Å². The summed E-state index contributed by atoms with van der Waals surface area (Å²) in [6.07, 6.45) is 4.31. The van der Waals surface area contributed by atoms with Gasteiger partial charge in [-0.15, -0.1) is 0 Å². The van der Waals surface area contributed by atoms with Crippen LogP contribution in [-0.4, -0.2) is 27.9 Å². The van der Waals surface area contributed by atoms with E-state index in [0.717, 1.165) is 29.7 Å². The van der Waals surface area contributed by atoms with Crippen molar-refractivity contribution < 1.29 is 19.4 Å². The minimum absolute atomic E-state index is 0.121. The number of carbonyl (C=O) groups is 2. The molecule has 3 N–H and O–H groups in total. The molecule has 0 spiro atoms. The lowest BCUT2D eigenvalue weighted by atomic mass is 9.95. The molecule has 1 heterocycles. The Balaban J connectivity index is 1.34. The molecule has 1 fully saturated rings. The normalized spacial score (nSPS) is 14.6. The molecule has 0 bridgehead atoms. The first-order valence-electron chi connectivity index (χ1n) is 11.9. The van der Waals surface area contributed by atoms with Crippen molar-refractivity contribution in [2.45, 2.75) is 58.3 Å². The molecule has 1 saturated carbocycles. The number of aryl methyl sites for hydroxylation is 1. The number of hydrogen-bond acceptors (Lipinski definition) is 5. The Kier molecular flexibility index (Phi) is 7.17. The van der Waals surface area contributed by atoms with E-state index in [2.05, 4.69) is 15.6 Å². The van der Waals surface area contributed by atoms with E-state index in [0.29, 0.717) is 29.0 Å². The number of nitrogens with one attached hydrogen (secondary N) is 2. The maximum Gasteiger partial charge on any atom is 0.255 e. The van der Waals surface area contributed by atoms with Gasteiger partial charge in [-0.3, -0.25) is 14.6 Å². The zero-order chi connectivity index (χ0) is 25.0. The predicted octanol–water partition coefficient (Wildman–Crippen LogP) is 4.73. The molecule has 3 aromatic rings. The number of amides is 2. The van der Waals surface area contributed by atoms with E-state index in [1.807, 2.05) is 32.0 Å². The molecule has 7 heteroatoms. The third-order valence-electron chi connectivity index (χ3n) is 6.30. The Bertz CT molecular complexity index is 1200. The van der Waals surface area contributed by atoms with Gasteiger partial charge in [0.15, 0.2) is 0 Å². The summed E-state index contributed by atoms with van der Waals surface area (Å²) in [4.78, 5) is 29.5.